The topological polar surface area (TPSA) is 3.24 Å². The molecule has 2 nitrogen and oxygen atoms in total. The molecule has 0 bridgehead atoms. The molecule has 0 fully saturated rings. The highest BCUT2D eigenvalue weighted by molar-refractivity contribution is 4.50. The van der Waals surface area contributed by atoms with Crippen LogP contribution in [0.4, 0.5) is 0 Å². The summed E-state index contributed by atoms with van der Waals surface area (Å²) in [6.07, 6.45) is 20.3. The molecule has 0 unspecified atom stereocenters. The van der Waals surface area contributed by atoms with E-state index < -0.39 is 0 Å². The van der Waals surface area contributed by atoms with Crippen LogP contribution >= 0.6 is 0 Å². The van der Waals surface area contributed by atoms with E-state index >= 15 is 0 Å². The van der Waals surface area contributed by atoms with Gasteiger partial charge >= 0.3 is 0 Å². The third-order valence-electron chi connectivity index (χ3n) is 5.27. The lowest BCUT2D eigenvalue weighted by Gasteiger charge is -2.31. The van der Waals surface area contributed by atoms with E-state index in [4.69, 9.17) is 0 Å². The molecule has 2 heteroatoms. The van der Waals surface area contributed by atoms with Crippen molar-refractivity contribution in [3.63, 3.8) is 0 Å². The maximum atomic E-state index is 2.38. The van der Waals surface area contributed by atoms with Crippen LogP contribution in [-0.2, 0) is 0 Å². The van der Waals surface area contributed by atoms with Gasteiger partial charge in [-0.25, -0.2) is 0 Å². The molecule has 0 spiro atoms. The summed E-state index contributed by atoms with van der Waals surface area (Å²) in [6.45, 7) is 6.11. The van der Waals surface area contributed by atoms with Crippen molar-refractivity contribution in [3.8, 4) is 0 Å². The third-order valence-corrected chi connectivity index (χ3v) is 5.27. The highest BCUT2D eigenvalue weighted by atomic mass is 15.3. The van der Waals surface area contributed by atoms with Gasteiger partial charge in [0.2, 0.25) is 0 Å². The fourth-order valence-electron chi connectivity index (χ4n) is 3.32. The Kier molecular flexibility index (Phi) is 16.3. The summed E-state index contributed by atoms with van der Waals surface area (Å²) in [5, 5.41) is 0. The van der Waals surface area contributed by atoms with E-state index in [1.807, 2.05) is 0 Å². The van der Waals surface area contributed by atoms with Crippen LogP contribution in [0.3, 0.4) is 0 Å². The van der Waals surface area contributed by atoms with Crippen molar-refractivity contribution in [1.82, 2.24) is 4.90 Å². The molecule has 0 N–H and O–H groups in total. The lowest BCUT2D eigenvalue weighted by atomic mass is 10.0. The highest BCUT2D eigenvalue weighted by Gasteiger charge is 2.14. The number of likely N-dealkylation sites (N-methyl/N-ethyl adjacent to an activating group) is 2. The van der Waals surface area contributed by atoms with E-state index in [0.717, 1.165) is 0 Å². The molecule has 0 aromatic rings. The Morgan fingerprint density at radius 1 is 0.542 bits per heavy atom. The molecule has 0 heterocycles. The normalized spacial score (nSPS) is 12.2. The zero-order valence-corrected chi connectivity index (χ0v) is 17.9. The molecule has 0 saturated carbocycles. The number of rotatable bonds is 18. The summed E-state index contributed by atoms with van der Waals surface area (Å²) in [5.74, 6) is 0. The lowest BCUT2D eigenvalue weighted by Crippen LogP contribution is -2.44. The van der Waals surface area contributed by atoms with Crippen LogP contribution in [0.5, 0.6) is 0 Å². The van der Waals surface area contributed by atoms with Crippen molar-refractivity contribution < 1.29 is 4.48 Å². The maximum Gasteiger partial charge on any atom is 0.0911 e. The van der Waals surface area contributed by atoms with E-state index in [-0.39, 0.29) is 0 Å². The Labute approximate surface area is 154 Å². The average Bonchev–Trinajstić information content (AvgIpc) is 2.53. The molecular formula is C22H49N2+. The first kappa shape index (κ1) is 23.9. The van der Waals surface area contributed by atoms with Crippen LogP contribution in [0.1, 0.15) is 96.8 Å². The van der Waals surface area contributed by atoms with Gasteiger partial charge < -0.3 is 9.38 Å². The van der Waals surface area contributed by atoms with E-state index in [9.17, 15) is 0 Å². The SMILES string of the molecule is CCCCCCCCCCCCCCCC[N+](C)(C)CCN(C)C. The fraction of sp³-hybridized carbons (Fsp3) is 1.00. The van der Waals surface area contributed by atoms with E-state index in [1.54, 1.807) is 0 Å². The van der Waals surface area contributed by atoms with Crippen LogP contribution in [0.15, 0.2) is 0 Å². The van der Waals surface area contributed by atoms with Crippen LogP contribution in [0, 0.1) is 0 Å². The molecule has 0 aromatic heterocycles. The van der Waals surface area contributed by atoms with Crippen LogP contribution in [0.25, 0.3) is 0 Å². The molecule has 0 saturated heterocycles. The number of quaternary nitrogens is 1. The molecular weight excluding hydrogens is 292 g/mol. The monoisotopic (exact) mass is 341 g/mol. The molecule has 0 atom stereocenters. The van der Waals surface area contributed by atoms with Crippen LogP contribution in [-0.4, -0.2) is 57.2 Å². The summed E-state index contributed by atoms with van der Waals surface area (Å²) in [5.41, 5.74) is 0. The molecule has 0 aliphatic heterocycles. The summed E-state index contributed by atoms with van der Waals surface area (Å²) >= 11 is 0. The van der Waals surface area contributed by atoms with Crippen molar-refractivity contribution >= 4 is 0 Å². The first-order valence-electron chi connectivity index (χ1n) is 10.9. The van der Waals surface area contributed by atoms with E-state index in [1.165, 1.54) is 114 Å². The second-order valence-electron chi connectivity index (χ2n) is 8.78. The Morgan fingerprint density at radius 2 is 0.917 bits per heavy atom. The third kappa shape index (κ3) is 18.3. The van der Waals surface area contributed by atoms with Crippen molar-refractivity contribution in [2.75, 3.05) is 47.8 Å². The Bertz CT molecular complexity index is 248. The van der Waals surface area contributed by atoms with Gasteiger partial charge in [0.05, 0.1) is 27.2 Å². The second-order valence-corrected chi connectivity index (χ2v) is 8.78. The van der Waals surface area contributed by atoms with Crippen molar-refractivity contribution in [2.24, 2.45) is 0 Å². The predicted octanol–water partition coefficient (Wildman–Crippen LogP) is 6.11. The number of unbranched alkanes of at least 4 members (excludes halogenated alkanes) is 13. The van der Waals surface area contributed by atoms with Crippen LogP contribution in [0.2, 0.25) is 0 Å². The average molecular weight is 342 g/mol. The lowest BCUT2D eigenvalue weighted by molar-refractivity contribution is -0.890. The second kappa shape index (κ2) is 16.4. The quantitative estimate of drug-likeness (QED) is 0.215. The van der Waals surface area contributed by atoms with Gasteiger partial charge in [-0.1, -0.05) is 84.0 Å². The van der Waals surface area contributed by atoms with Gasteiger partial charge in [-0.2, -0.15) is 0 Å². The smallest absolute Gasteiger partial charge is 0.0911 e. The van der Waals surface area contributed by atoms with Gasteiger partial charge in [0.25, 0.3) is 0 Å². The first-order chi connectivity index (χ1) is 11.5. The zero-order chi connectivity index (χ0) is 18.1. The molecule has 0 aromatic carbocycles. The Balaban J connectivity index is 3.22. The van der Waals surface area contributed by atoms with E-state index in [2.05, 4.69) is 40.0 Å². The number of hydrogen-bond donors (Lipinski definition) is 0. The summed E-state index contributed by atoms with van der Waals surface area (Å²) in [4.78, 5) is 2.30. The standard InChI is InChI=1S/C22H49N2/c1-6-7-8-9-10-11-12-13-14-15-16-17-18-19-21-24(4,5)22-20-23(2)3/h6-22H2,1-5H3/q+1. The van der Waals surface area contributed by atoms with Gasteiger partial charge in [0.1, 0.15) is 0 Å². The Hall–Kier alpha value is -0.0800. The molecule has 0 radical (unpaired) electrons. The van der Waals surface area contributed by atoms with Crippen molar-refractivity contribution in [3.05, 3.63) is 0 Å². The van der Waals surface area contributed by atoms with Gasteiger partial charge in [-0.15, -0.1) is 0 Å². The van der Waals surface area contributed by atoms with Gasteiger partial charge in [-0.3, -0.25) is 0 Å². The Morgan fingerprint density at radius 3 is 1.29 bits per heavy atom. The minimum Gasteiger partial charge on any atom is -0.327 e. The number of nitrogens with zero attached hydrogens (tertiary/aromatic N) is 2. The summed E-state index contributed by atoms with van der Waals surface area (Å²) in [7, 11) is 9.11. The summed E-state index contributed by atoms with van der Waals surface area (Å²) < 4.78 is 1.18. The predicted molar refractivity (Wildman–Crippen MR) is 111 cm³/mol. The molecule has 24 heavy (non-hydrogen) atoms. The highest BCUT2D eigenvalue weighted by Crippen LogP contribution is 2.13. The van der Waals surface area contributed by atoms with Gasteiger partial charge in [-0.05, 0) is 26.9 Å². The van der Waals surface area contributed by atoms with Gasteiger partial charge in [0, 0.05) is 6.54 Å². The minimum absolute atomic E-state index is 1.18. The summed E-state index contributed by atoms with van der Waals surface area (Å²) in [6, 6.07) is 0. The molecule has 0 rings (SSSR count). The fourth-order valence-corrected chi connectivity index (χ4v) is 3.32. The minimum atomic E-state index is 1.18. The van der Waals surface area contributed by atoms with E-state index in [0.29, 0.717) is 0 Å². The largest absolute Gasteiger partial charge is 0.327 e. The molecule has 0 amide bonds. The molecule has 146 valence electrons. The maximum absolute atomic E-state index is 2.38. The number of hydrogen-bond acceptors (Lipinski definition) is 1. The molecule has 0 aliphatic rings. The van der Waals surface area contributed by atoms with Crippen molar-refractivity contribution in [1.29, 1.82) is 0 Å². The van der Waals surface area contributed by atoms with Gasteiger partial charge in [0.15, 0.2) is 0 Å². The molecule has 0 aliphatic carbocycles. The first-order valence-corrected chi connectivity index (χ1v) is 10.9. The van der Waals surface area contributed by atoms with Crippen molar-refractivity contribution in [2.45, 2.75) is 96.8 Å². The zero-order valence-electron chi connectivity index (χ0n) is 17.9. The van der Waals surface area contributed by atoms with Crippen LogP contribution < -0.4 is 0 Å².